The van der Waals surface area contributed by atoms with Crippen molar-refractivity contribution in [3.8, 4) is 5.75 Å². The maximum Gasteiger partial charge on any atom is 0.240 e. The van der Waals surface area contributed by atoms with Crippen LogP contribution >= 0.6 is 27.5 Å². The van der Waals surface area contributed by atoms with Crippen molar-refractivity contribution >= 4 is 51.2 Å². The Labute approximate surface area is 206 Å². The van der Waals surface area contributed by atoms with Crippen LogP contribution in [0, 0.1) is 6.92 Å². The van der Waals surface area contributed by atoms with E-state index in [1.54, 1.807) is 18.2 Å². The van der Waals surface area contributed by atoms with Crippen LogP contribution in [0.5, 0.6) is 5.75 Å². The Bertz CT molecular complexity index is 1150. The summed E-state index contributed by atoms with van der Waals surface area (Å²) in [6.07, 6.45) is 1.57. The zero-order valence-corrected chi connectivity index (χ0v) is 20.3. The van der Waals surface area contributed by atoms with E-state index in [-0.39, 0.29) is 24.7 Å². The summed E-state index contributed by atoms with van der Waals surface area (Å²) in [6.45, 7) is 2.26. The van der Waals surface area contributed by atoms with Gasteiger partial charge in [0.2, 0.25) is 11.8 Å². The van der Waals surface area contributed by atoms with Gasteiger partial charge in [0, 0.05) is 33.6 Å². The van der Waals surface area contributed by atoms with E-state index in [2.05, 4.69) is 31.8 Å². The molecule has 0 saturated heterocycles. The summed E-state index contributed by atoms with van der Waals surface area (Å²) in [5.74, 6) is 0.0323. The molecule has 0 aliphatic heterocycles. The van der Waals surface area contributed by atoms with Gasteiger partial charge in [0.1, 0.15) is 12.4 Å². The summed E-state index contributed by atoms with van der Waals surface area (Å²) in [6, 6.07) is 20.5. The van der Waals surface area contributed by atoms with E-state index in [0.717, 1.165) is 21.2 Å². The summed E-state index contributed by atoms with van der Waals surface area (Å²) < 4.78 is 6.90. The molecule has 2 N–H and O–H groups in total. The highest BCUT2D eigenvalue weighted by Crippen LogP contribution is 2.20. The number of hydrogen-bond donors (Lipinski definition) is 2. The van der Waals surface area contributed by atoms with Crippen LogP contribution in [0.3, 0.4) is 0 Å². The first-order valence-electron chi connectivity index (χ1n) is 10.2. The lowest BCUT2D eigenvalue weighted by molar-refractivity contribution is -0.124. The van der Waals surface area contributed by atoms with Crippen LogP contribution in [-0.4, -0.2) is 18.0 Å². The van der Waals surface area contributed by atoms with E-state index in [4.69, 9.17) is 16.3 Å². The predicted molar refractivity (Wildman–Crippen MR) is 135 cm³/mol. The summed E-state index contributed by atoms with van der Waals surface area (Å²) in [4.78, 5) is 24.2. The minimum absolute atomic E-state index is 0.0114. The Balaban J connectivity index is 1.47. The van der Waals surface area contributed by atoms with E-state index in [0.29, 0.717) is 23.1 Å². The molecule has 6 nitrogen and oxygen atoms in total. The third kappa shape index (κ3) is 8.04. The van der Waals surface area contributed by atoms with Crippen molar-refractivity contribution in [2.45, 2.75) is 26.4 Å². The second kappa shape index (κ2) is 12.2. The summed E-state index contributed by atoms with van der Waals surface area (Å²) in [7, 11) is 0. The minimum Gasteiger partial charge on any atom is -0.488 e. The lowest BCUT2D eigenvalue weighted by Gasteiger charge is -2.09. The quantitative estimate of drug-likeness (QED) is 0.270. The van der Waals surface area contributed by atoms with Gasteiger partial charge in [-0.25, -0.2) is 5.43 Å². The third-order valence-electron chi connectivity index (χ3n) is 4.66. The molecule has 0 saturated carbocycles. The fraction of sp³-hybridized carbons (Fsp3) is 0.160. The lowest BCUT2D eigenvalue weighted by Crippen LogP contribution is -2.21. The van der Waals surface area contributed by atoms with Gasteiger partial charge in [-0.05, 0) is 60.5 Å². The molecule has 0 aliphatic rings. The first-order chi connectivity index (χ1) is 15.9. The molecule has 2 amide bonds. The van der Waals surface area contributed by atoms with Crippen LogP contribution in [0.4, 0.5) is 5.69 Å². The van der Waals surface area contributed by atoms with Gasteiger partial charge in [0.05, 0.1) is 6.21 Å². The van der Waals surface area contributed by atoms with Crippen LogP contribution in [-0.2, 0) is 16.2 Å². The van der Waals surface area contributed by atoms with Gasteiger partial charge in [0.15, 0.2) is 0 Å². The van der Waals surface area contributed by atoms with Gasteiger partial charge in [-0.15, -0.1) is 0 Å². The lowest BCUT2D eigenvalue weighted by atomic mass is 10.2. The fourth-order valence-corrected chi connectivity index (χ4v) is 3.39. The molecule has 0 unspecified atom stereocenters. The molecule has 0 atom stereocenters. The average Bonchev–Trinajstić information content (AvgIpc) is 2.80. The molecular weight excluding hydrogens is 506 g/mol. The Morgan fingerprint density at radius 2 is 1.76 bits per heavy atom. The zero-order valence-electron chi connectivity index (χ0n) is 18.0. The molecule has 170 valence electrons. The highest BCUT2D eigenvalue weighted by molar-refractivity contribution is 9.10. The molecule has 8 heteroatoms. The predicted octanol–water partition coefficient (Wildman–Crippen LogP) is 5.86. The van der Waals surface area contributed by atoms with Gasteiger partial charge < -0.3 is 10.1 Å². The molecular formula is C25H23BrClN3O3. The number of hydrogen-bond acceptors (Lipinski definition) is 4. The number of amides is 2. The zero-order chi connectivity index (χ0) is 23.6. The number of nitrogens with zero attached hydrogens (tertiary/aromatic N) is 1. The van der Waals surface area contributed by atoms with E-state index in [9.17, 15) is 9.59 Å². The number of para-hydroxylation sites is 1. The summed E-state index contributed by atoms with van der Waals surface area (Å²) in [5, 5.41) is 7.38. The topological polar surface area (TPSA) is 79.8 Å². The van der Waals surface area contributed by atoms with E-state index in [1.807, 2.05) is 55.5 Å². The largest absolute Gasteiger partial charge is 0.488 e. The number of carbonyl (C=O) groups is 2. The number of hydrazone groups is 1. The fourth-order valence-electron chi connectivity index (χ4n) is 2.90. The van der Waals surface area contributed by atoms with E-state index in [1.165, 1.54) is 6.21 Å². The Hall–Kier alpha value is -3.16. The van der Waals surface area contributed by atoms with Crippen molar-refractivity contribution in [2.24, 2.45) is 5.10 Å². The smallest absolute Gasteiger partial charge is 0.240 e. The van der Waals surface area contributed by atoms with Crippen LogP contribution in [0.15, 0.2) is 76.3 Å². The molecule has 0 spiro atoms. The number of halogens is 2. The maximum atomic E-state index is 12.1. The maximum absolute atomic E-state index is 12.1. The second-order valence-corrected chi connectivity index (χ2v) is 8.61. The molecule has 0 bridgehead atoms. The van der Waals surface area contributed by atoms with Crippen LogP contribution in [0.1, 0.15) is 29.5 Å². The number of anilines is 1. The van der Waals surface area contributed by atoms with Crippen molar-refractivity contribution in [3.63, 3.8) is 0 Å². The van der Waals surface area contributed by atoms with Gasteiger partial charge >= 0.3 is 0 Å². The number of benzene rings is 3. The number of carbonyl (C=O) groups excluding carboxylic acids is 2. The minimum atomic E-state index is -0.359. The van der Waals surface area contributed by atoms with Crippen molar-refractivity contribution in [3.05, 3.63) is 92.9 Å². The first kappa shape index (κ1) is 24.5. The van der Waals surface area contributed by atoms with E-state index >= 15 is 0 Å². The average molecular weight is 529 g/mol. The molecule has 3 aromatic rings. The molecule has 0 aromatic heterocycles. The van der Waals surface area contributed by atoms with Crippen molar-refractivity contribution in [1.82, 2.24) is 5.43 Å². The normalized spacial score (nSPS) is 10.8. The highest BCUT2D eigenvalue weighted by atomic mass is 79.9. The molecule has 0 aliphatic carbocycles. The molecule has 0 radical (unpaired) electrons. The van der Waals surface area contributed by atoms with Gasteiger partial charge in [-0.3, -0.25) is 9.59 Å². The Kier molecular flexibility index (Phi) is 9.04. The SMILES string of the molecule is Cc1cc(Cl)ccc1NC(=O)CCC(=O)N/N=C/c1ccccc1OCc1ccc(Br)cc1. The monoisotopic (exact) mass is 527 g/mol. The van der Waals surface area contributed by atoms with Crippen molar-refractivity contribution < 1.29 is 14.3 Å². The highest BCUT2D eigenvalue weighted by Gasteiger charge is 2.09. The number of nitrogens with one attached hydrogen (secondary N) is 2. The number of rotatable bonds is 9. The molecule has 3 rings (SSSR count). The standard InChI is InChI=1S/C25H23BrClN3O3/c1-17-14-21(27)10-11-22(17)29-24(31)12-13-25(32)30-28-15-19-4-2-3-5-23(19)33-16-18-6-8-20(26)9-7-18/h2-11,14-15H,12-13,16H2,1H3,(H,29,31)(H,30,32)/b28-15+. The summed E-state index contributed by atoms with van der Waals surface area (Å²) in [5.41, 5.74) is 5.73. The van der Waals surface area contributed by atoms with Crippen molar-refractivity contribution in [1.29, 1.82) is 0 Å². The van der Waals surface area contributed by atoms with Crippen LogP contribution < -0.4 is 15.5 Å². The van der Waals surface area contributed by atoms with Crippen molar-refractivity contribution in [2.75, 3.05) is 5.32 Å². The molecule has 33 heavy (non-hydrogen) atoms. The Morgan fingerprint density at radius 3 is 2.52 bits per heavy atom. The summed E-state index contributed by atoms with van der Waals surface area (Å²) >= 11 is 9.33. The molecule has 3 aromatic carbocycles. The number of aryl methyl sites for hydroxylation is 1. The molecule has 0 heterocycles. The van der Waals surface area contributed by atoms with Crippen LogP contribution in [0.2, 0.25) is 5.02 Å². The van der Waals surface area contributed by atoms with Gasteiger partial charge in [-0.1, -0.05) is 51.8 Å². The van der Waals surface area contributed by atoms with Crippen LogP contribution in [0.25, 0.3) is 0 Å². The number of ether oxygens (including phenoxy) is 1. The third-order valence-corrected chi connectivity index (χ3v) is 5.42. The Morgan fingerprint density at radius 1 is 1.03 bits per heavy atom. The molecule has 0 fully saturated rings. The first-order valence-corrected chi connectivity index (χ1v) is 11.4. The van der Waals surface area contributed by atoms with Gasteiger partial charge in [-0.2, -0.15) is 5.10 Å². The van der Waals surface area contributed by atoms with Gasteiger partial charge in [0.25, 0.3) is 0 Å². The van der Waals surface area contributed by atoms with E-state index < -0.39 is 0 Å². The second-order valence-electron chi connectivity index (χ2n) is 7.25.